The zero-order chi connectivity index (χ0) is 6.41. The SMILES string of the molecule is [CH-]=CC=C[C](=[W])CC.[CH3-]. The summed E-state index contributed by atoms with van der Waals surface area (Å²) >= 11 is 1.53. The Kier molecular flexibility index (Phi) is 10.5. The van der Waals surface area contributed by atoms with Crippen LogP contribution >= 0.6 is 0 Å². The number of allylic oxidation sites excluding steroid dienone is 3. The van der Waals surface area contributed by atoms with Gasteiger partial charge < -0.3 is 7.43 Å². The molecule has 0 spiro atoms. The maximum Gasteiger partial charge on any atom is -0.358 e. The summed E-state index contributed by atoms with van der Waals surface area (Å²) in [5.41, 5.74) is 0. The van der Waals surface area contributed by atoms with Gasteiger partial charge in [-0.2, -0.15) is 0 Å². The van der Waals surface area contributed by atoms with Crippen molar-refractivity contribution < 1.29 is 19.4 Å². The first-order valence-electron chi connectivity index (χ1n) is 2.55. The Morgan fingerprint density at radius 2 is 2.22 bits per heavy atom. The van der Waals surface area contributed by atoms with Crippen LogP contribution in [0.4, 0.5) is 0 Å². The molecule has 0 heterocycles. The van der Waals surface area contributed by atoms with Gasteiger partial charge in [-0.1, -0.05) is 0 Å². The maximum absolute atomic E-state index is 5.12. The van der Waals surface area contributed by atoms with Crippen LogP contribution in [-0.4, -0.2) is 3.90 Å². The van der Waals surface area contributed by atoms with Crippen LogP contribution in [0.1, 0.15) is 13.3 Å². The molecule has 52 valence electrons. The average Bonchev–Trinajstić information content (AvgIpc) is 1.83. The van der Waals surface area contributed by atoms with Gasteiger partial charge in [0.25, 0.3) is 0 Å². The first kappa shape index (κ1) is 11.8. The molecule has 0 aliphatic heterocycles. The molecule has 0 aromatic heterocycles. The van der Waals surface area contributed by atoms with Crippen molar-refractivity contribution in [3.8, 4) is 0 Å². The fourth-order valence-corrected chi connectivity index (χ4v) is 0.563. The predicted octanol–water partition coefficient (Wildman–Crippen LogP) is 2.11. The summed E-state index contributed by atoms with van der Waals surface area (Å²) in [6.07, 6.45) is 6.61. The van der Waals surface area contributed by atoms with Gasteiger partial charge in [0.2, 0.25) is 0 Å². The molecule has 0 radical (unpaired) electrons. The zero-order valence-electron chi connectivity index (χ0n) is 5.92. The largest absolute Gasteiger partial charge is 0.358 e. The molecule has 0 atom stereocenters. The van der Waals surface area contributed by atoms with Crippen LogP contribution in [0.2, 0.25) is 0 Å². The third-order valence-corrected chi connectivity index (χ3v) is 2.27. The van der Waals surface area contributed by atoms with E-state index < -0.39 is 0 Å². The molecule has 0 unspecified atom stereocenters. The van der Waals surface area contributed by atoms with Crippen LogP contribution in [0.15, 0.2) is 18.2 Å². The third kappa shape index (κ3) is 8.04. The molecule has 0 saturated carbocycles. The number of hydrogen-bond donors (Lipinski definition) is 0. The summed E-state index contributed by atoms with van der Waals surface area (Å²) in [4.78, 5) is 0. The first-order valence-corrected chi connectivity index (χ1v) is 4.02. The Morgan fingerprint density at radius 3 is 2.56 bits per heavy atom. The van der Waals surface area contributed by atoms with Crippen LogP contribution in [0.3, 0.4) is 0 Å². The normalized spacial score (nSPS) is 8.56. The summed E-state index contributed by atoms with van der Waals surface area (Å²) in [5, 5.41) is 0. The standard InChI is InChI=1S/C7H9.CH3.W/c1-3-5-7-6-4-2;;/h1,3,5,7H,4H2,2H3;1H3;/q2*-1;. The van der Waals surface area contributed by atoms with Crippen molar-refractivity contribution >= 4 is 3.90 Å². The van der Waals surface area contributed by atoms with Crippen LogP contribution in [0.25, 0.3) is 0 Å². The summed E-state index contributed by atoms with van der Waals surface area (Å²) in [6.45, 7) is 7.26. The van der Waals surface area contributed by atoms with Gasteiger partial charge in [-0.05, 0) is 0 Å². The first-order chi connectivity index (χ1) is 3.81. The van der Waals surface area contributed by atoms with E-state index in [2.05, 4.69) is 13.0 Å². The molecule has 0 fully saturated rings. The van der Waals surface area contributed by atoms with E-state index >= 15 is 0 Å². The topological polar surface area (TPSA) is 0 Å². The van der Waals surface area contributed by atoms with Crippen molar-refractivity contribution in [2.75, 3.05) is 0 Å². The van der Waals surface area contributed by atoms with Gasteiger partial charge in [0.1, 0.15) is 0 Å². The smallest absolute Gasteiger partial charge is 0.358 e. The van der Waals surface area contributed by atoms with Crippen LogP contribution < -0.4 is 0 Å². The van der Waals surface area contributed by atoms with Crippen LogP contribution in [0, 0.1) is 14.0 Å². The molecule has 0 nitrogen and oxygen atoms in total. The zero-order valence-corrected chi connectivity index (χ0v) is 8.86. The van der Waals surface area contributed by atoms with E-state index in [1.54, 1.807) is 6.08 Å². The van der Waals surface area contributed by atoms with Gasteiger partial charge in [-0.25, -0.2) is 0 Å². The molecule has 0 aliphatic rings. The average molecular weight is 292 g/mol. The fraction of sp³-hybridized carbons (Fsp3) is 0.250. The Balaban J connectivity index is 0. The Morgan fingerprint density at radius 1 is 1.67 bits per heavy atom. The molecule has 0 N–H and O–H groups in total. The second kappa shape index (κ2) is 8.04. The van der Waals surface area contributed by atoms with E-state index in [4.69, 9.17) is 6.58 Å². The summed E-state index contributed by atoms with van der Waals surface area (Å²) < 4.78 is 1.44. The van der Waals surface area contributed by atoms with Crippen molar-refractivity contribution in [1.82, 2.24) is 0 Å². The molecule has 0 amide bonds. The van der Waals surface area contributed by atoms with E-state index in [1.807, 2.05) is 6.08 Å². The quantitative estimate of drug-likeness (QED) is 0.552. The van der Waals surface area contributed by atoms with Gasteiger partial charge in [-0.15, -0.1) is 0 Å². The Hall–Kier alpha value is 0.0383. The van der Waals surface area contributed by atoms with Crippen molar-refractivity contribution in [2.24, 2.45) is 0 Å². The molecule has 0 aliphatic carbocycles. The van der Waals surface area contributed by atoms with Crippen molar-refractivity contribution in [3.63, 3.8) is 0 Å². The maximum atomic E-state index is 5.12. The Bertz CT molecular complexity index is 112. The molecular formula is C8H12W-2. The second-order valence-electron chi connectivity index (χ2n) is 1.37. The minimum absolute atomic E-state index is 0. The molecule has 0 rings (SSSR count). The Labute approximate surface area is 69.1 Å². The van der Waals surface area contributed by atoms with E-state index in [-0.39, 0.29) is 7.43 Å². The van der Waals surface area contributed by atoms with Gasteiger partial charge >= 0.3 is 61.4 Å². The summed E-state index contributed by atoms with van der Waals surface area (Å²) in [7, 11) is 0. The van der Waals surface area contributed by atoms with Crippen molar-refractivity contribution in [1.29, 1.82) is 0 Å². The molecule has 0 aromatic carbocycles. The molecule has 0 saturated heterocycles. The summed E-state index contributed by atoms with van der Waals surface area (Å²) in [6, 6.07) is 0. The van der Waals surface area contributed by atoms with E-state index in [0.717, 1.165) is 6.42 Å². The third-order valence-electron chi connectivity index (χ3n) is 0.742. The van der Waals surface area contributed by atoms with E-state index in [9.17, 15) is 0 Å². The van der Waals surface area contributed by atoms with E-state index in [0.29, 0.717) is 0 Å². The van der Waals surface area contributed by atoms with Gasteiger partial charge in [0.05, 0.1) is 0 Å². The minimum Gasteiger partial charge on any atom is -0.358 e. The van der Waals surface area contributed by atoms with Gasteiger partial charge in [0.15, 0.2) is 0 Å². The summed E-state index contributed by atoms with van der Waals surface area (Å²) in [5.74, 6) is 0. The molecular weight excluding hydrogens is 280 g/mol. The van der Waals surface area contributed by atoms with Crippen LogP contribution in [0.5, 0.6) is 0 Å². The molecule has 0 aromatic rings. The molecule has 0 bridgehead atoms. The van der Waals surface area contributed by atoms with Crippen molar-refractivity contribution in [3.05, 3.63) is 32.2 Å². The number of hydrogen-bond acceptors (Lipinski definition) is 0. The molecule has 9 heavy (non-hydrogen) atoms. The van der Waals surface area contributed by atoms with Crippen molar-refractivity contribution in [2.45, 2.75) is 13.3 Å². The predicted molar refractivity (Wildman–Crippen MR) is 39.7 cm³/mol. The second-order valence-corrected chi connectivity index (χ2v) is 3.26. The van der Waals surface area contributed by atoms with Crippen LogP contribution in [-0.2, 0) is 19.4 Å². The number of rotatable bonds is 3. The monoisotopic (exact) mass is 292 g/mol. The fourth-order valence-electron chi connectivity index (χ4n) is 0.281. The van der Waals surface area contributed by atoms with E-state index in [1.165, 1.54) is 23.3 Å². The molecule has 1 heteroatoms. The van der Waals surface area contributed by atoms with Gasteiger partial charge in [0, 0.05) is 0 Å². The minimum atomic E-state index is 0. The van der Waals surface area contributed by atoms with Gasteiger partial charge in [-0.3, -0.25) is 0 Å².